The number of aliphatic hydroxyl groups excluding tert-OH is 2. The number of nitrogens with one attached hydrogen (secondary N) is 6. The first-order chi connectivity index (χ1) is 24.4. The number of amides is 6. The van der Waals surface area contributed by atoms with Crippen molar-refractivity contribution < 1.29 is 48.9 Å². The maximum atomic E-state index is 13.8. The molecule has 1 saturated heterocycles. The predicted octanol–water partition coefficient (Wildman–Crippen LogP) is -2.74. The monoisotopic (exact) mass is 737 g/mol. The van der Waals surface area contributed by atoms with Crippen molar-refractivity contribution in [1.82, 2.24) is 41.5 Å². The molecule has 1 fully saturated rings. The summed E-state index contributed by atoms with van der Waals surface area (Å²) in [5.41, 5.74) is 6.24. The molecule has 292 valence electrons. The highest BCUT2D eigenvalue weighted by atomic mass is 16.4. The van der Waals surface area contributed by atoms with E-state index in [4.69, 9.17) is 10.8 Å². The van der Waals surface area contributed by atoms with Gasteiger partial charge in [-0.1, -0.05) is 27.7 Å². The van der Waals surface area contributed by atoms with Crippen LogP contribution in [-0.4, -0.2) is 133 Å². The molecular formula is C33H55N9O10. The number of carboxylic acids is 1. The minimum atomic E-state index is -1.49. The fourth-order valence-corrected chi connectivity index (χ4v) is 5.60. The third-order valence-electron chi connectivity index (χ3n) is 8.48. The van der Waals surface area contributed by atoms with Gasteiger partial charge in [-0.25, -0.2) is 4.98 Å². The number of aromatic nitrogens is 2. The number of aliphatic hydroxyl groups is 2. The number of carbonyl (C=O) groups is 7. The second-order valence-corrected chi connectivity index (χ2v) is 14.0. The van der Waals surface area contributed by atoms with Gasteiger partial charge in [0.15, 0.2) is 0 Å². The van der Waals surface area contributed by atoms with Crippen LogP contribution in [0.1, 0.15) is 72.9 Å². The highest BCUT2D eigenvalue weighted by molar-refractivity contribution is 5.97. The lowest BCUT2D eigenvalue weighted by Gasteiger charge is -2.30. The van der Waals surface area contributed by atoms with E-state index in [9.17, 15) is 43.8 Å². The number of H-pyrrole nitrogens is 1. The first kappa shape index (κ1) is 43.5. The lowest BCUT2D eigenvalue weighted by atomic mass is 10.00. The van der Waals surface area contributed by atoms with E-state index in [1.54, 1.807) is 13.8 Å². The number of hydrogen-bond acceptors (Lipinski definition) is 11. The van der Waals surface area contributed by atoms with Gasteiger partial charge in [0, 0.05) is 24.9 Å². The lowest BCUT2D eigenvalue weighted by Crippen LogP contribution is -2.61. The number of aliphatic carboxylic acids is 1. The van der Waals surface area contributed by atoms with Crippen molar-refractivity contribution >= 4 is 41.4 Å². The third-order valence-corrected chi connectivity index (χ3v) is 8.48. The number of nitrogens with two attached hydrogens (primary N) is 1. The lowest BCUT2D eigenvalue weighted by molar-refractivity contribution is -0.145. The van der Waals surface area contributed by atoms with Gasteiger partial charge in [-0.05, 0) is 51.4 Å². The number of nitrogens with zero attached hydrogens (tertiary/aromatic N) is 2. The third kappa shape index (κ3) is 13.2. The molecule has 1 aliphatic heterocycles. The molecule has 0 aliphatic carbocycles. The summed E-state index contributed by atoms with van der Waals surface area (Å²) >= 11 is 0. The highest BCUT2D eigenvalue weighted by Gasteiger charge is 2.39. The van der Waals surface area contributed by atoms with E-state index in [-0.39, 0.29) is 44.1 Å². The quantitative estimate of drug-likeness (QED) is 0.0652. The first-order valence-corrected chi connectivity index (χ1v) is 17.4. The zero-order valence-corrected chi connectivity index (χ0v) is 30.5. The molecule has 0 saturated carbocycles. The molecule has 1 aromatic rings. The molecule has 0 bridgehead atoms. The second-order valence-electron chi connectivity index (χ2n) is 14.0. The van der Waals surface area contributed by atoms with Crippen LogP contribution in [0.5, 0.6) is 0 Å². The standard InChI is InChI=1S/C33H55N9O10/c1-16(2)10-21(28(46)41-24(14-43)32(50)42-9-7-8-25(42)30(48)37-18(5)33(51)52)38-29(47)23(12-20-13-35-15-36-20)39-27(45)22(11-17(3)4)40-31(49)26(34)19(6)44/h13,15-19,21-26,43-44H,7-12,14,34H2,1-6H3,(H,35,36)(H,37,48)(H,38,47)(H,39,45)(H,40,49)(H,41,46)(H,51,52)/t18-,19+,21-,22-,23-,24-,25-,26-/m0/s1. The molecule has 0 spiro atoms. The average molecular weight is 738 g/mol. The van der Waals surface area contributed by atoms with Crippen molar-refractivity contribution in [3.63, 3.8) is 0 Å². The molecule has 2 rings (SSSR count). The minimum absolute atomic E-state index is 0.0708. The molecule has 0 unspecified atom stereocenters. The van der Waals surface area contributed by atoms with E-state index in [1.165, 1.54) is 31.3 Å². The summed E-state index contributed by atoms with van der Waals surface area (Å²) in [6.45, 7) is 9.17. The molecule has 19 heteroatoms. The van der Waals surface area contributed by atoms with Crippen LogP contribution in [0.2, 0.25) is 0 Å². The van der Waals surface area contributed by atoms with Gasteiger partial charge in [-0.2, -0.15) is 0 Å². The van der Waals surface area contributed by atoms with Gasteiger partial charge in [0.2, 0.25) is 35.4 Å². The molecule has 0 aromatic carbocycles. The number of hydrogen-bond donors (Lipinski definition) is 10. The van der Waals surface area contributed by atoms with Gasteiger partial charge in [-0.15, -0.1) is 0 Å². The van der Waals surface area contributed by atoms with Crippen LogP contribution in [0.15, 0.2) is 12.5 Å². The van der Waals surface area contributed by atoms with Crippen molar-refractivity contribution in [3.8, 4) is 0 Å². The van der Waals surface area contributed by atoms with E-state index >= 15 is 0 Å². The molecule has 2 heterocycles. The van der Waals surface area contributed by atoms with Gasteiger partial charge in [-0.3, -0.25) is 33.6 Å². The Hall–Kier alpha value is -4.62. The Labute approximate surface area is 302 Å². The molecule has 52 heavy (non-hydrogen) atoms. The Kier molecular flexibility index (Phi) is 17.1. The molecule has 11 N–H and O–H groups in total. The van der Waals surface area contributed by atoms with E-state index in [0.717, 1.165) is 0 Å². The highest BCUT2D eigenvalue weighted by Crippen LogP contribution is 2.19. The fraction of sp³-hybridized carbons (Fsp3) is 0.697. The molecular weight excluding hydrogens is 682 g/mol. The van der Waals surface area contributed by atoms with E-state index < -0.39 is 96.4 Å². The summed E-state index contributed by atoms with van der Waals surface area (Å²) in [6.07, 6.45) is 2.52. The summed E-state index contributed by atoms with van der Waals surface area (Å²) in [5, 5.41) is 41.7. The first-order valence-electron chi connectivity index (χ1n) is 17.4. The van der Waals surface area contributed by atoms with Crippen molar-refractivity contribution in [2.24, 2.45) is 17.6 Å². The number of likely N-dealkylation sites (tertiary alicyclic amines) is 1. The molecule has 1 aromatic heterocycles. The molecule has 0 radical (unpaired) electrons. The zero-order chi connectivity index (χ0) is 39.3. The smallest absolute Gasteiger partial charge is 0.325 e. The maximum Gasteiger partial charge on any atom is 0.325 e. The van der Waals surface area contributed by atoms with Crippen molar-refractivity contribution in [1.29, 1.82) is 0 Å². The summed E-state index contributed by atoms with van der Waals surface area (Å²) in [5.74, 6) is -5.96. The van der Waals surface area contributed by atoms with Crippen LogP contribution in [-0.2, 0) is 40.0 Å². The van der Waals surface area contributed by atoms with E-state index in [2.05, 4.69) is 36.6 Å². The largest absolute Gasteiger partial charge is 0.480 e. The summed E-state index contributed by atoms with van der Waals surface area (Å²) in [7, 11) is 0. The van der Waals surface area contributed by atoms with Crippen LogP contribution in [0.4, 0.5) is 0 Å². The number of carbonyl (C=O) groups excluding carboxylic acids is 6. The van der Waals surface area contributed by atoms with Gasteiger partial charge >= 0.3 is 5.97 Å². The fourth-order valence-electron chi connectivity index (χ4n) is 5.60. The van der Waals surface area contributed by atoms with Gasteiger partial charge in [0.1, 0.15) is 42.3 Å². The van der Waals surface area contributed by atoms with Crippen molar-refractivity contribution in [3.05, 3.63) is 18.2 Å². The number of aromatic amines is 1. The topological polar surface area (TPSA) is 298 Å². The zero-order valence-electron chi connectivity index (χ0n) is 30.5. The van der Waals surface area contributed by atoms with E-state index in [0.29, 0.717) is 12.1 Å². The van der Waals surface area contributed by atoms with Crippen LogP contribution in [0.3, 0.4) is 0 Å². The van der Waals surface area contributed by atoms with E-state index in [1.807, 2.05) is 13.8 Å². The summed E-state index contributed by atoms with van der Waals surface area (Å²) in [4.78, 5) is 99.1. The van der Waals surface area contributed by atoms with Crippen LogP contribution in [0, 0.1) is 11.8 Å². The van der Waals surface area contributed by atoms with Crippen molar-refractivity contribution in [2.75, 3.05) is 13.2 Å². The van der Waals surface area contributed by atoms with Gasteiger partial charge in [0.25, 0.3) is 0 Å². The molecule has 19 nitrogen and oxygen atoms in total. The molecule has 8 atom stereocenters. The number of carboxylic acid groups (broad SMARTS) is 1. The molecule has 1 aliphatic rings. The van der Waals surface area contributed by atoms with Gasteiger partial charge < -0.3 is 57.5 Å². The minimum Gasteiger partial charge on any atom is -0.480 e. The van der Waals surface area contributed by atoms with Crippen LogP contribution < -0.4 is 32.3 Å². The Morgan fingerprint density at radius 2 is 1.37 bits per heavy atom. The molecule has 6 amide bonds. The Morgan fingerprint density at radius 3 is 1.85 bits per heavy atom. The Morgan fingerprint density at radius 1 is 0.846 bits per heavy atom. The number of rotatable bonds is 20. The Balaban J connectivity index is 2.27. The predicted molar refractivity (Wildman–Crippen MR) is 186 cm³/mol. The second kappa shape index (κ2) is 20.4. The van der Waals surface area contributed by atoms with Crippen molar-refractivity contribution in [2.45, 2.75) is 122 Å². The van der Waals surface area contributed by atoms with Gasteiger partial charge in [0.05, 0.1) is 19.0 Å². The SMILES string of the molecule is CC(C)C[C@H](NC(=O)[C@H](Cc1cnc[nH]1)NC(=O)[C@H](CC(C)C)NC(=O)[C@@H](N)[C@@H](C)O)C(=O)N[C@@H](CO)C(=O)N1CCC[C@H]1C(=O)N[C@@H](C)C(=O)O. The summed E-state index contributed by atoms with van der Waals surface area (Å²) < 4.78 is 0. The maximum absolute atomic E-state index is 13.8. The normalized spacial score (nSPS) is 18.4. The number of imidazole rings is 1. The van der Waals surface area contributed by atoms with Crippen LogP contribution >= 0.6 is 0 Å². The Bertz CT molecular complexity index is 1390. The van der Waals surface area contributed by atoms with Crippen LogP contribution in [0.25, 0.3) is 0 Å². The summed E-state index contributed by atoms with van der Waals surface area (Å²) in [6, 6.07) is -8.63. The average Bonchev–Trinajstić information content (AvgIpc) is 3.77.